The fourth-order valence-corrected chi connectivity index (χ4v) is 8.49. The Kier molecular flexibility index (Phi) is 7.04. The second kappa shape index (κ2) is 12.2. The first-order chi connectivity index (χ1) is 25.3. The van der Waals surface area contributed by atoms with Gasteiger partial charge in [-0.1, -0.05) is 121 Å². The van der Waals surface area contributed by atoms with Gasteiger partial charge in [-0.2, -0.15) is 0 Å². The van der Waals surface area contributed by atoms with E-state index in [1.165, 1.54) is 53.6 Å². The topological polar surface area (TPSA) is 16.4 Å². The molecule has 0 unspecified atom stereocenters. The molecule has 0 radical (unpaired) electrons. The largest absolute Gasteiger partial charge is 0.456 e. The summed E-state index contributed by atoms with van der Waals surface area (Å²) in [6.45, 7) is 0. The molecule has 0 N–H and O–H groups in total. The van der Waals surface area contributed by atoms with Crippen LogP contribution in [-0.2, 0) is 0 Å². The summed E-state index contributed by atoms with van der Waals surface area (Å²) < 4.78 is 9.14. The highest BCUT2D eigenvalue weighted by molar-refractivity contribution is 7.25. The predicted molar refractivity (Wildman–Crippen MR) is 218 cm³/mol. The van der Waals surface area contributed by atoms with Gasteiger partial charge in [0.1, 0.15) is 11.2 Å². The molecule has 10 rings (SSSR count). The van der Waals surface area contributed by atoms with Crippen LogP contribution in [0.5, 0.6) is 0 Å². The molecule has 0 saturated heterocycles. The van der Waals surface area contributed by atoms with E-state index in [9.17, 15) is 0 Å². The molecule has 0 aliphatic carbocycles. The summed E-state index contributed by atoms with van der Waals surface area (Å²) in [5.74, 6) is 0. The number of hydrogen-bond donors (Lipinski definition) is 0. The fourth-order valence-electron chi connectivity index (χ4n) is 7.40. The van der Waals surface area contributed by atoms with E-state index in [0.717, 1.165) is 39.0 Å². The average molecular weight is 670 g/mol. The molecule has 0 spiro atoms. The maximum atomic E-state index is 6.52. The van der Waals surface area contributed by atoms with Crippen molar-refractivity contribution in [1.82, 2.24) is 0 Å². The van der Waals surface area contributed by atoms with E-state index in [4.69, 9.17) is 4.42 Å². The number of fused-ring (bicyclic) bond motifs is 6. The van der Waals surface area contributed by atoms with Crippen LogP contribution in [0.1, 0.15) is 0 Å². The Morgan fingerprint density at radius 1 is 0.353 bits per heavy atom. The number of rotatable bonds is 6. The van der Waals surface area contributed by atoms with Crippen molar-refractivity contribution in [2.45, 2.75) is 0 Å². The summed E-state index contributed by atoms with van der Waals surface area (Å²) in [5, 5.41) is 4.83. The van der Waals surface area contributed by atoms with Gasteiger partial charge in [-0.15, -0.1) is 11.3 Å². The van der Waals surface area contributed by atoms with E-state index in [1.807, 2.05) is 11.3 Å². The number of nitrogens with zero attached hydrogens (tertiary/aromatic N) is 1. The van der Waals surface area contributed by atoms with E-state index in [0.29, 0.717) is 0 Å². The van der Waals surface area contributed by atoms with Crippen LogP contribution in [0.25, 0.3) is 75.5 Å². The standard InChI is InChI=1S/C48H31NOS/c1-3-10-32(11-4-1)34-18-23-37(24-19-34)49(38-25-20-35(21-26-38)33-12-5-2-6-13-33)39-27-28-44-43(31-39)48-40(15-9-16-45(48)50-44)36-22-29-47-42(30-36)41-14-7-8-17-46(41)51-47/h1-31H. The van der Waals surface area contributed by atoms with Crippen LogP contribution in [0.3, 0.4) is 0 Å². The number of anilines is 3. The third-order valence-electron chi connectivity index (χ3n) is 9.89. The van der Waals surface area contributed by atoms with Crippen LogP contribution in [-0.4, -0.2) is 0 Å². The number of hydrogen-bond acceptors (Lipinski definition) is 3. The summed E-state index contributed by atoms with van der Waals surface area (Å²) in [6.07, 6.45) is 0. The maximum absolute atomic E-state index is 6.52. The van der Waals surface area contributed by atoms with Crippen molar-refractivity contribution in [3.63, 3.8) is 0 Å². The van der Waals surface area contributed by atoms with Gasteiger partial charge in [0.2, 0.25) is 0 Å². The van der Waals surface area contributed by atoms with Crippen molar-refractivity contribution in [3.8, 4) is 33.4 Å². The van der Waals surface area contributed by atoms with Crippen molar-refractivity contribution in [1.29, 1.82) is 0 Å². The van der Waals surface area contributed by atoms with Crippen molar-refractivity contribution in [2.24, 2.45) is 0 Å². The van der Waals surface area contributed by atoms with Crippen LogP contribution in [0.2, 0.25) is 0 Å². The van der Waals surface area contributed by atoms with Gasteiger partial charge < -0.3 is 9.32 Å². The average Bonchev–Trinajstić information content (AvgIpc) is 3.77. The van der Waals surface area contributed by atoms with E-state index in [2.05, 4.69) is 193 Å². The summed E-state index contributed by atoms with van der Waals surface area (Å²) in [4.78, 5) is 2.34. The van der Waals surface area contributed by atoms with E-state index < -0.39 is 0 Å². The highest BCUT2D eigenvalue weighted by atomic mass is 32.1. The summed E-state index contributed by atoms with van der Waals surface area (Å²) in [5.41, 5.74) is 12.2. The lowest BCUT2D eigenvalue weighted by atomic mass is 9.97. The molecule has 0 aliphatic rings. The van der Waals surface area contributed by atoms with Crippen LogP contribution < -0.4 is 4.90 Å². The van der Waals surface area contributed by atoms with Gasteiger partial charge in [-0.25, -0.2) is 0 Å². The lowest BCUT2D eigenvalue weighted by molar-refractivity contribution is 0.669. The third-order valence-corrected chi connectivity index (χ3v) is 11.0. The maximum Gasteiger partial charge on any atom is 0.136 e. The zero-order valence-corrected chi connectivity index (χ0v) is 28.5. The molecular formula is C48H31NOS. The Labute approximate surface area is 300 Å². The Morgan fingerprint density at radius 2 is 0.922 bits per heavy atom. The smallest absolute Gasteiger partial charge is 0.136 e. The second-order valence-corrected chi connectivity index (χ2v) is 14.0. The van der Waals surface area contributed by atoms with Gasteiger partial charge in [0.25, 0.3) is 0 Å². The Bertz CT molecular complexity index is 2750. The fraction of sp³-hybridized carbons (Fsp3) is 0. The van der Waals surface area contributed by atoms with Gasteiger partial charge in [0.05, 0.1) is 0 Å². The van der Waals surface area contributed by atoms with Gasteiger partial charge in [-0.05, 0) is 100 Å². The molecule has 8 aromatic carbocycles. The van der Waals surface area contributed by atoms with Gasteiger partial charge in [0, 0.05) is 48.0 Å². The van der Waals surface area contributed by atoms with Crippen LogP contribution in [0, 0.1) is 0 Å². The molecule has 0 fully saturated rings. The van der Waals surface area contributed by atoms with Crippen LogP contribution in [0.4, 0.5) is 17.1 Å². The Balaban J connectivity index is 1.13. The minimum Gasteiger partial charge on any atom is -0.456 e. The number of benzene rings is 8. The number of furan rings is 1. The second-order valence-electron chi connectivity index (χ2n) is 12.9. The molecule has 240 valence electrons. The highest BCUT2D eigenvalue weighted by Crippen LogP contribution is 2.43. The molecular weight excluding hydrogens is 639 g/mol. The molecule has 0 amide bonds. The molecule has 0 saturated carbocycles. The van der Waals surface area contributed by atoms with Gasteiger partial charge >= 0.3 is 0 Å². The predicted octanol–water partition coefficient (Wildman–Crippen LogP) is 14.4. The lowest BCUT2D eigenvalue weighted by Gasteiger charge is -2.26. The normalized spacial score (nSPS) is 11.5. The minimum atomic E-state index is 0.877. The van der Waals surface area contributed by atoms with Crippen molar-refractivity contribution in [2.75, 3.05) is 4.90 Å². The first kappa shape index (κ1) is 29.5. The first-order valence-electron chi connectivity index (χ1n) is 17.2. The van der Waals surface area contributed by atoms with Crippen LogP contribution >= 0.6 is 11.3 Å². The van der Waals surface area contributed by atoms with Gasteiger partial charge in [0.15, 0.2) is 0 Å². The quantitative estimate of drug-likeness (QED) is 0.175. The lowest BCUT2D eigenvalue weighted by Crippen LogP contribution is -2.09. The van der Waals surface area contributed by atoms with E-state index >= 15 is 0 Å². The molecule has 10 aromatic rings. The molecule has 0 bridgehead atoms. The zero-order valence-electron chi connectivity index (χ0n) is 27.7. The minimum absolute atomic E-state index is 0.877. The summed E-state index contributed by atoms with van der Waals surface area (Å²) >= 11 is 1.85. The van der Waals surface area contributed by atoms with Crippen molar-refractivity contribution >= 4 is 70.5 Å². The molecule has 51 heavy (non-hydrogen) atoms. The van der Waals surface area contributed by atoms with Crippen molar-refractivity contribution in [3.05, 3.63) is 188 Å². The molecule has 2 nitrogen and oxygen atoms in total. The molecule has 0 atom stereocenters. The molecule has 0 aliphatic heterocycles. The highest BCUT2D eigenvalue weighted by Gasteiger charge is 2.18. The number of thiophene rings is 1. The van der Waals surface area contributed by atoms with E-state index in [1.54, 1.807) is 0 Å². The molecule has 2 aromatic heterocycles. The molecule has 3 heteroatoms. The Hall–Kier alpha value is -6.42. The van der Waals surface area contributed by atoms with Crippen LogP contribution in [0.15, 0.2) is 192 Å². The van der Waals surface area contributed by atoms with Crippen molar-refractivity contribution < 1.29 is 4.42 Å². The third kappa shape index (κ3) is 5.18. The molecule has 2 heterocycles. The van der Waals surface area contributed by atoms with E-state index in [-0.39, 0.29) is 0 Å². The first-order valence-corrected chi connectivity index (χ1v) is 18.1. The summed E-state index contributed by atoms with van der Waals surface area (Å²) in [7, 11) is 0. The monoisotopic (exact) mass is 669 g/mol. The van der Waals surface area contributed by atoms with Gasteiger partial charge in [-0.3, -0.25) is 0 Å². The zero-order chi connectivity index (χ0) is 33.7. The summed E-state index contributed by atoms with van der Waals surface area (Å²) in [6, 6.07) is 67.4. The SMILES string of the molecule is c1ccc(-c2ccc(N(c3ccc(-c4ccccc4)cc3)c3ccc4oc5cccc(-c6ccc7sc8ccccc8c7c6)c5c4c3)cc2)cc1. The Morgan fingerprint density at radius 3 is 1.61 bits per heavy atom.